The Balaban J connectivity index is 1.26. The molecule has 1 aliphatic rings. The minimum atomic E-state index is -4.76. The van der Waals surface area contributed by atoms with Gasteiger partial charge in [0.05, 0.1) is 27.4 Å². The number of fused-ring (bicyclic) bond motifs is 2. The Labute approximate surface area is 213 Å². The first-order chi connectivity index (χ1) is 17.6. The molecule has 1 unspecified atom stereocenters. The van der Waals surface area contributed by atoms with Crippen molar-refractivity contribution < 1.29 is 27.8 Å². The number of β-amino-alcohol motifs (C(OH)–C–C–N with tert-alkyl or cyclic N) is 1. The molecule has 1 aliphatic heterocycles. The van der Waals surface area contributed by atoms with Gasteiger partial charge in [-0.2, -0.15) is 0 Å². The Morgan fingerprint density at radius 1 is 1.22 bits per heavy atom. The van der Waals surface area contributed by atoms with E-state index in [-0.39, 0.29) is 17.8 Å². The van der Waals surface area contributed by atoms with E-state index in [9.17, 15) is 23.1 Å². The minimum Gasteiger partial charge on any atom is -0.406 e. The zero-order valence-corrected chi connectivity index (χ0v) is 20.7. The summed E-state index contributed by atoms with van der Waals surface area (Å²) in [5.41, 5.74) is 2.41. The molecule has 0 spiro atoms. The lowest BCUT2D eigenvalue weighted by molar-refractivity contribution is -0.274. The molecule has 5 rings (SSSR count). The summed E-state index contributed by atoms with van der Waals surface area (Å²) >= 11 is 1.17. The quantitative estimate of drug-likeness (QED) is 0.329. The number of aliphatic hydroxyl groups is 1. The van der Waals surface area contributed by atoms with Crippen molar-refractivity contribution in [3.05, 3.63) is 42.0 Å². The SMILES string of the molecule is Cn1c(Nc2nc3ccc(OC(F)(F)F)cc3s2)nc2cc(C(=O)NCCN3CCCC(O)C3)ccc21. The number of piperidine rings is 1. The molecule has 13 heteroatoms. The number of ether oxygens (including phenoxy) is 1. The van der Waals surface area contributed by atoms with E-state index < -0.39 is 6.36 Å². The van der Waals surface area contributed by atoms with E-state index in [1.54, 1.807) is 12.1 Å². The number of benzene rings is 2. The molecule has 1 fully saturated rings. The van der Waals surface area contributed by atoms with Crippen LogP contribution in [0.3, 0.4) is 0 Å². The molecule has 37 heavy (non-hydrogen) atoms. The van der Waals surface area contributed by atoms with E-state index >= 15 is 0 Å². The predicted molar refractivity (Wildman–Crippen MR) is 134 cm³/mol. The number of amides is 1. The summed E-state index contributed by atoms with van der Waals surface area (Å²) in [5.74, 6) is -0.0398. The lowest BCUT2D eigenvalue weighted by atomic mass is 10.1. The van der Waals surface area contributed by atoms with Gasteiger partial charge in [-0.15, -0.1) is 13.2 Å². The molecule has 9 nitrogen and oxygen atoms in total. The smallest absolute Gasteiger partial charge is 0.406 e. The van der Waals surface area contributed by atoms with Crippen molar-refractivity contribution in [1.29, 1.82) is 0 Å². The van der Waals surface area contributed by atoms with Gasteiger partial charge < -0.3 is 25.0 Å². The molecule has 0 aliphatic carbocycles. The molecule has 1 atom stereocenters. The molecule has 0 saturated carbocycles. The van der Waals surface area contributed by atoms with E-state index in [1.807, 2.05) is 17.7 Å². The number of aryl methyl sites for hydroxylation is 1. The van der Waals surface area contributed by atoms with Gasteiger partial charge in [-0.05, 0) is 49.7 Å². The molecule has 3 heterocycles. The van der Waals surface area contributed by atoms with Crippen LogP contribution in [0.1, 0.15) is 23.2 Å². The normalized spacial score (nSPS) is 16.8. The molecular formula is C24H25F3N6O3S. The largest absolute Gasteiger partial charge is 0.573 e. The van der Waals surface area contributed by atoms with Crippen LogP contribution in [0.25, 0.3) is 21.3 Å². The summed E-state index contributed by atoms with van der Waals surface area (Å²) in [7, 11) is 1.81. The standard InChI is InChI=1S/C24H25F3N6O3S/c1-32-19-7-4-14(21(35)28-8-10-33-9-2-3-15(34)13-33)11-18(19)29-22(32)31-23-30-17-6-5-16(12-20(17)37-23)36-24(25,26)27/h4-7,11-12,15,34H,2-3,8-10,13H2,1H3,(H,28,35)(H,29,30,31). The second-order valence-corrected chi connectivity index (χ2v) is 9.90. The number of imidazole rings is 1. The van der Waals surface area contributed by atoms with Crippen molar-refractivity contribution in [2.24, 2.45) is 7.05 Å². The number of thiazole rings is 1. The minimum absolute atomic E-state index is 0.206. The number of hydrogen-bond donors (Lipinski definition) is 3. The zero-order chi connectivity index (χ0) is 26.2. The van der Waals surface area contributed by atoms with Gasteiger partial charge >= 0.3 is 6.36 Å². The van der Waals surface area contributed by atoms with E-state index in [4.69, 9.17) is 0 Å². The van der Waals surface area contributed by atoms with Crippen molar-refractivity contribution in [2.75, 3.05) is 31.5 Å². The third-order valence-corrected chi connectivity index (χ3v) is 7.08. The van der Waals surface area contributed by atoms with Crippen LogP contribution in [0.5, 0.6) is 5.75 Å². The number of rotatable bonds is 7. The van der Waals surface area contributed by atoms with Crippen LogP contribution >= 0.6 is 11.3 Å². The van der Waals surface area contributed by atoms with E-state index in [0.29, 0.717) is 52.0 Å². The number of carbonyl (C=O) groups excluding carboxylic acids is 1. The first-order valence-corrected chi connectivity index (χ1v) is 12.5. The Morgan fingerprint density at radius 2 is 2.05 bits per heavy atom. The maximum atomic E-state index is 12.7. The highest BCUT2D eigenvalue weighted by molar-refractivity contribution is 7.22. The summed E-state index contributed by atoms with van der Waals surface area (Å²) in [4.78, 5) is 23.8. The van der Waals surface area contributed by atoms with Gasteiger partial charge in [0, 0.05) is 38.3 Å². The number of carbonyl (C=O) groups is 1. The van der Waals surface area contributed by atoms with E-state index in [0.717, 1.165) is 24.9 Å². The van der Waals surface area contributed by atoms with Crippen LogP contribution in [0, 0.1) is 0 Å². The average molecular weight is 535 g/mol. The lowest BCUT2D eigenvalue weighted by Crippen LogP contribution is -2.42. The topological polar surface area (TPSA) is 105 Å². The molecule has 1 amide bonds. The number of aliphatic hydroxyl groups excluding tert-OH is 1. The number of nitrogens with zero attached hydrogens (tertiary/aromatic N) is 4. The van der Waals surface area contributed by atoms with Gasteiger partial charge in [-0.25, -0.2) is 9.97 Å². The van der Waals surface area contributed by atoms with E-state index in [2.05, 4.69) is 30.2 Å². The highest BCUT2D eigenvalue weighted by Crippen LogP contribution is 2.33. The first kappa shape index (κ1) is 25.2. The highest BCUT2D eigenvalue weighted by Gasteiger charge is 2.31. The number of anilines is 2. The van der Waals surface area contributed by atoms with Crippen LogP contribution < -0.4 is 15.4 Å². The number of aromatic nitrogens is 3. The Bertz CT molecular complexity index is 1440. The maximum Gasteiger partial charge on any atom is 0.573 e. The first-order valence-electron chi connectivity index (χ1n) is 11.7. The molecular weight excluding hydrogens is 509 g/mol. The second kappa shape index (κ2) is 10.1. The molecule has 1 saturated heterocycles. The number of nitrogens with one attached hydrogen (secondary N) is 2. The Morgan fingerprint density at radius 3 is 2.84 bits per heavy atom. The second-order valence-electron chi connectivity index (χ2n) is 8.87. The summed E-state index contributed by atoms with van der Waals surface area (Å²) in [6.07, 6.45) is -3.30. The van der Waals surface area contributed by atoms with Crippen molar-refractivity contribution in [3.8, 4) is 5.75 Å². The fourth-order valence-corrected chi connectivity index (χ4v) is 5.26. The molecule has 2 aromatic heterocycles. The summed E-state index contributed by atoms with van der Waals surface area (Å²) in [6, 6.07) is 9.22. The van der Waals surface area contributed by atoms with E-state index in [1.165, 1.54) is 29.5 Å². The maximum absolute atomic E-state index is 12.7. The van der Waals surface area contributed by atoms with Gasteiger partial charge in [0.25, 0.3) is 5.91 Å². The molecule has 196 valence electrons. The number of hydrogen-bond acceptors (Lipinski definition) is 8. The van der Waals surface area contributed by atoms with Gasteiger partial charge in [-0.1, -0.05) is 11.3 Å². The molecule has 2 aromatic carbocycles. The summed E-state index contributed by atoms with van der Waals surface area (Å²) < 4.78 is 43.9. The number of halogens is 3. The zero-order valence-electron chi connectivity index (χ0n) is 19.9. The summed E-state index contributed by atoms with van der Waals surface area (Å²) in [5, 5.41) is 16.3. The van der Waals surface area contributed by atoms with Crippen molar-refractivity contribution in [3.63, 3.8) is 0 Å². The van der Waals surface area contributed by atoms with Crippen LogP contribution in [0.4, 0.5) is 24.3 Å². The van der Waals surface area contributed by atoms with Crippen LogP contribution in [-0.4, -0.2) is 69.1 Å². The average Bonchev–Trinajstić information content (AvgIpc) is 3.37. The predicted octanol–water partition coefficient (Wildman–Crippen LogP) is 4.01. The molecule has 4 aromatic rings. The fraction of sp³-hybridized carbons (Fsp3) is 0.375. The van der Waals surface area contributed by atoms with Crippen LogP contribution in [0.2, 0.25) is 0 Å². The van der Waals surface area contributed by atoms with Crippen LogP contribution in [-0.2, 0) is 7.05 Å². The van der Waals surface area contributed by atoms with Gasteiger partial charge in [-0.3, -0.25) is 9.69 Å². The molecule has 0 bridgehead atoms. The summed E-state index contributed by atoms with van der Waals surface area (Å²) in [6.45, 7) is 2.70. The third kappa shape index (κ3) is 5.95. The Kier molecular flexibility index (Phi) is 6.92. The highest BCUT2D eigenvalue weighted by atomic mass is 32.1. The lowest BCUT2D eigenvalue weighted by Gasteiger charge is -2.29. The Hall–Kier alpha value is -3.42. The number of likely N-dealkylation sites (tertiary alicyclic amines) is 1. The monoisotopic (exact) mass is 534 g/mol. The van der Waals surface area contributed by atoms with Crippen LogP contribution in [0.15, 0.2) is 36.4 Å². The van der Waals surface area contributed by atoms with Crippen molar-refractivity contribution in [2.45, 2.75) is 25.3 Å². The molecule has 0 radical (unpaired) electrons. The third-order valence-electron chi connectivity index (χ3n) is 6.15. The van der Waals surface area contributed by atoms with Gasteiger partial charge in [0.1, 0.15) is 5.75 Å². The van der Waals surface area contributed by atoms with Crippen molar-refractivity contribution >= 4 is 49.6 Å². The number of alkyl halides is 3. The fourth-order valence-electron chi connectivity index (χ4n) is 4.37. The van der Waals surface area contributed by atoms with Crippen molar-refractivity contribution in [1.82, 2.24) is 24.8 Å². The molecule has 3 N–H and O–H groups in total. The van der Waals surface area contributed by atoms with Gasteiger partial charge in [0.2, 0.25) is 5.95 Å². The van der Waals surface area contributed by atoms with Gasteiger partial charge in [0.15, 0.2) is 5.13 Å².